The molecule has 3 nitrogen and oxygen atoms in total. The van der Waals surface area contributed by atoms with E-state index in [0.29, 0.717) is 15.5 Å². The highest BCUT2D eigenvalue weighted by Gasteiger charge is 2.18. The van der Waals surface area contributed by atoms with E-state index < -0.39 is 0 Å². The van der Waals surface area contributed by atoms with Crippen molar-refractivity contribution in [2.24, 2.45) is 0 Å². The van der Waals surface area contributed by atoms with Gasteiger partial charge in [0.25, 0.3) is 5.91 Å². The van der Waals surface area contributed by atoms with E-state index in [-0.39, 0.29) is 11.3 Å². The molecule has 2 aromatic heterocycles. The van der Waals surface area contributed by atoms with Crippen LogP contribution in [0.25, 0.3) is 0 Å². The molecule has 0 unspecified atom stereocenters. The highest BCUT2D eigenvalue weighted by Crippen LogP contribution is 2.35. The molecule has 0 saturated carbocycles. The summed E-state index contributed by atoms with van der Waals surface area (Å²) in [6, 6.07) is 3.74. The van der Waals surface area contributed by atoms with Crippen molar-refractivity contribution in [3.05, 3.63) is 50.4 Å². The molecule has 0 fully saturated rings. The van der Waals surface area contributed by atoms with Crippen LogP contribution in [-0.4, -0.2) is 17.9 Å². The summed E-state index contributed by atoms with van der Waals surface area (Å²) in [5.41, 5.74) is 2.03. The molecule has 1 N–H and O–H groups in total. The molecular formula is C17H17ClN2OS. The van der Waals surface area contributed by atoms with Crippen LogP contribution in [0.5, 0.6) is 0 Å². The van der Waals surface area contributed by atoms with Crippen molar-refractivity contribution in [1.82, 2.24) is 10.3 Å². The molecule has 0 atom stereocenters. The number of hydrogen-bond donors (Lipinski definition) is 1. The number of pyridine rings is 1. The lowest BCUT2D eigenvalue weighted by Crippen LogP contribution is -2.17. The standard InChI is InChI=1S/C17H17ClN2OS/c1-17(2,3)14-8-12(15(18)22-14)6-5-11-7-13(10-20-9-11)16(21)19-4/h7-10H,1-4H3,(H,19,21). The number of thiophene rings is 1. The Balaban J connectivity index is 2.31. The Labute approximate surface area is 139 Å². The van der Waals surface area contributed by atoms with Gasteiger partial charge in [-0.1, -0.05) is 44.2 Å². The van der Waals surface area contributed by atoms with Gasteiger partial charge in [0.15, 0.2) is 0 Å². The van der Waals surface area contributed by atoms with E-state index in [4.69, 9.17) is 11.6 Å². The van der Waals surface area contributed by atoms with Crippen LogP contribution in [-0.2, 0) is 5.41 Å². The second-order valence-corrected chi connectivity index (χ2v) is 7.49. The molecule has 0 aromatic carbocycles. The minimum Gasteiger partial charge on any atom is -0.355 e. The number of nitrogens with one attached hydrogen (secondary N) is 1. The van der Waals surface area contributed by atoms with E-state index in [2.05, 4.69) is 42.9 Å². The quantitative estimate of drug-likeness (QED) is 0.806. The summed E-state index contributed by atoms with van der Waals surface area (Å²) in [5, 5.41) is 2.56. The lowest BCUT2D eigenvalue weighted by Gasteiger charge is -2.14. The number of amides is 1. The van der Waals surface area contributed by atoms with Gasteiger partial charge in [0, 0.05) is 29.9 Å². The Kier molecular flexibility index (Phi) is 4.90. The number of aromatic nitrogens is 1. The van der Waals surface area contributed by atoms with Gasteiger partial charge in [-0.25, -0.2) is 0 Å². The predicted molar refractivity (Wildman–Crippen MR) is 91.6 cm³/mol. The molecule has 114 valence electrons. The Bertz CT molecular complexity index is 763. The van der Waals surface area contributed by atoms with Gasteiger partial charge >= 0.3 is 0 Å². The Morgan fingerprint density at radius 2 is 2.00 bits per heavy atom. The van der Waals surface area contributed by atoms with E-state index >= 15 is 0 Å². The Morgan fingerprint density at radius 1 is 1.27 bits per heavy atom. The summed E-state index contributed by atoms with van der Waals surface area (Å²) in [5.74, 6) is 5.90. The number of hydrogen-bond acceptors (Lipinski definition) is 3. The predicted octanol–water partition coefficient (Wildman–Crippen LogP) is 3.85. The van der Waals surface area contributed by atoms with E-state index in [9.17, 15) is 4.79 Å². The van der Waals surface area contributed by atoms with Gasteiger partial charge in [0.1, 0.15) is 4.34 Å². The molecule has 2 aromatic rings. The van der Waals surface area contributed by atoms with E-state index in [0.717, 1.165) is 5.56 Å². The van der Waals surface area contributed by atoms with Crippen molar-refractivity contribution in [3.8, 4) is 11.8 Å². The van der Waals surface area contributed by atoms with Crippen LogP contribution in [0.4, 0.5) is 0 Å². The largest absolute Gasteiger partial charge is 0.355 e. The highest BCUT2D eigenvalue weighted by molar-refractivity contribution is 7.16. The summed E-state index contributed by atoms with van der Waals surface area (Å²) in [7, 11) is 1.58. The first-order valence-corrected chi connectivity index (χ1v) is 7.99. The van der Waals surface area contributed by atoms with E-state index in [1.165, 1.54) is 11.1 Å². The molecule has 0 saturated heterocycles. The summed E-state index contributed by atoms with van der Waals surface area (Å²) >= 11 is 7.81. The number of rotatable bonds is 1. The number of halogens is 1. The third kappa shape index (κ3) is 3.88. The average Bonchev–Trinajstić information content (AvgIpc) is 2.86. The van der Waals surface area contributed by atoms with Crippen molar-refractivity contribution in [1.29, 1.82) is 0 Å². The van der Waals surface area contributed by atoms with Crippen LogP contribution in [0, 0.1) is 11.8 Å². The summed E-state index contributed by atoms with van der Waals surface area (Å²) in [6.45, 7) is 6.43. The van der Waals surface area contributed by atoms with Gasteiger partial charge in [-0.3, -0.25) is 9.78 Å². The minimum absolute atomic E-state index is 0.0505. The van der Waals surface area contributed by atoms with Crippen LogP contribution in [0.3, 0.4) is 0 Å². The molecule has 0 radical (unpaired) electrons. The van der Waals surface area contributed by atoms with Crippen molar-refractivity contribution < 1.29 is 4.79 Å². The third-order valence-electron chi connectivity index (χ3n) is 2.99. The normalized spacial score (nSPS) is 10.8. The molecule has 1 amide bonds. The molecule has 22 heavy (non-hydrogen) atoms. The average molecular weight is 333 g/mol. The van der Waals surface area contributed by atoms with Crippen molar-refractivity contribution in [3.63, 3.8) is 0 Å². The van der Waals surface area contributed by atoms with Gasteiger partial charge in [-0.05, 0) is 17.5 Å². The van der Waals surface area contributed by atoms with Crippen LogP contribution < -0.4 is 5.32 Å². The second-order valence-electron chi connectivity index (χ2n) is 5.84. The molecule has 2 heterocycles. The number of carbonyl (C=O) groups excluding carboxylic acids is 1. The topological polar surface area (TPSA) is 42.0 Å². The van der Waals surface area contributed by atoms with Crippen LogP contribution in [0.15, 0.2) is 24.5 Å². The molecule has 0 aliphatic heterocycles. The molecule has 0 aliphatic carbocycles. The first kappa shape index (κ1) is 16.5. The van der Waals surface area contributed by atoms with E-state index in [1.807, 2.05) is 6.07 Å². The Hall–Kier alpha value is -1.83. The zero-order valence-electron chi connectivity index (χ0n) is 13.0. The molecule has 5 heteroatoms. The zero-order valence-corrected chi connectivity index (χ0v) is 14.5. The molecular weight excluding hydrogens is 316 g/mol. The molecule has 0 bridgehead atoms. The van der Waals surface area contributed by atoms with E-state index in [1.54, 1.807) is 30.6 Å². The van der Waals surface area contributed by atoms with Gasteiger partial charge in [0.05, 0.1) is 11.1 Å². The smallest absolute Gasteiger partial charge is 0.252 e. The summed E-state index contributed by atoms with van der Waals surface area (Å²) in [6.07, 6.45) is 3.14. The van der Waals surface area contributed by atoms with Crippen LogP contribution in [0.2, 0.25) is 4.34 Å². The molecule has 2 rings (SSSR count). The highest BCUT2D eigenvalue weighted by atomic mass is 35.5. The fourth-order valence-electron chi connectivity index (χ4n) is 1.74. The SMILES string of the molecule is CNC(=O)c1cncc(C#Cc2cc(C(C)(C)C)sc2Cl)c1. The van der Waals surface area contributed by atoms with Crippen molar-refractivity contribution >= 4 is 28.8 Å². The van der Waals surface area contributed by atoms with Crippen molar-refractivity contribution in [2.45, 2.75) is 26.2 Å². The third-order valence-corrected chi connectivity index (χ3v) is 4.78. The molecule has 0 aliphatic rings. The second kappa shape index (κ2) is 6.51. The van der Waals surface area contributed by atoms with Crippen LogP contribution in [0.1, 0.15) is 47.1 Å². The first-order chi connectivity index (χ1) is 10.3. The fraction of sp³-hybridized carbons (Fsp3) is 0.294. The number of nitrogens with zero attached hydrogens (tertiary/aromatic N) is 1. The monoisotopic (exact) mass is 332 g/mol. The van der Waals surface area contributed by atoms with Gasteiger partial charge in [-0.2, -0.15) is 0 Å². The lowest BCUT2D eigenvalue weighted by atomic mass is 9.94. The zero-order chi connectivity index (χ0) is 16.3. The van der Waals surface area contributed by atoms with Crippen molar-refractivity contribution in [2.75, 3.05) is 7.05 Å². The Morgan fingerprint density at radius 3 is 2.59 bits per heavy atom. The van der Waals surface area contributed by atoms with Gasteiger partial charge in [-0.15, -0.1) is 11.3 Å². The molecule has 0 spiro atoms. The fourth-order valence-corrected chi connectivity index (χ4v) is 2.99. The first-order valence-electron chi connectivity index (χ1n) is 6.80. The summed E-state index contributed by atoms with van der Waals surface area (Å²) in [4.78, 5) is 16.8. The van der Waals surface area contributed by atoms with Gasteiger partial charge in [0.2, 0.25) is 0 Å². The minimum atomic E-state index is -0.181. The maximum atomic E-state index is 11.6. The lowest BCUT2D eigenvalue weighted by molar-refractivity contribution is 0.0962. The maximum Gasteiger partial charge on any atom is 0.252 e. The number of carbonyl (C=O) groups is 1. The summed E-state index contributed by atoms with van der Waals surface area (Å²) < 4.78 is 0.688. The van der Waals surface area contributed by atoms with Gasteiger partial charge < -0.3 is 5.32 Å². The maximum absolute atomic E-state index is 11.6. The van der Waals surface area contributed by atoms with Crippen LogP contribution >= 0.6 is 22.9 Å².